The molecule has 0 aliphatic carbocycles. The lowest BCUT2D eigenvalue weighted by atomic mass is 10.1. The first-order valence-corrected chi connectivity index (χ1v) is 8.65. The maximum Gasteiger partial charge on any atom is 0.241 e. The summed E-state index contributed by atoms with van der Waals surface area (Å²) in [5, 5.41) is 7.57. The SMILES string of the molecule is COc1ccc(-c2noc(CN3CCNCC3c3cccnc3)n2)cc1.Cl. The third kappa shape index (κ3) is 4.44. The standard InChI is InChI=1S/C19H21N5O2.ClH/c1-25-16-6-4-14(5-7-16)19-22-18(26-23-19)13-24-10-9-21-12-17(24)15-3-2-8-20-11-15;/h2-8,11,17,21H,9-10,12-13H2,1H3;1H. The molecule has 0 radical (unpaired) electrons. The number of benzene rings is 1. The molecule has 0 spiro atoms. The van der Waals surface area contributed by atoms with Crippen molar-refractivity contribution >= 4 is 12.4 Å². The molecule has 1 aromatic carbocycles. The predicted molar refractivity (Wildman–Crippen MR) is 104 cm³/mol. The Balaban J connectivity index is 0.00000210. The summed E-state index contributed by atoms with van der Waals surface area (Å²) < 4.78 is 10.7. The van der Waals surface area contributed by atoms with Crippen molar-refractivity contribution in [3.63, 3.8) is 0 Å². The molecule has 1 aliphatic heterocycles. The summed E-state index contributed by atoms with van der Waals surface area (Å²) >= 11 is 0. The number of halogens is 1. The third-order valence-corrected chi connectivity index (χ3v) is 4.58. The van der Waals surface area contributed by atoms with Gasteiger partial charge in [-0.1, -0.05) is 11.2 Å². The largest absolute Gasteiger partial charge is 0.497 e. The first-order chi connectivity index (χ1) is 12.8. The van der Waals surface area contributed by atoms with Crippen LogP contribution in [0.3, 0.4) is 0 Å². The highest BCUT2D eigenvalue weighted by atomic mass is 35.5. The lowest BCUT2D eigenvalue weighted by Gasteiger charge is -2.35. The molecule has 1 aliphatic rings. The second-order valence-corrected chi connectivity index (χ2v) is 6.22. The molecular weight excluding hydrogens is 366 g/mol. The number of hydrogen-bond donors (Lipinski definition) is 1. The molecular formula is C19H22ClN5O2. The molecule has 1 saturated heterocycles. The van der Waals surface area contributed by atoms with E-state index < -0.39 is 0 Å². The van der Waals surface area contributed by atoms with Gasteiger partial charge in [-0.2, -0.15) is 4.98 Å². The molecule has 1 atom stereocenters. The van der Waals surface area contributed by atoms with Gasteiger partial charge in [0.15, 0.2) is 0 Å². The van der Waals surface area contributed by atoms with Crippen molar-refractivity contribution in [1.82, 2.24) is 25.3 Å². The zero-order valence-electron chi connectivity index (χ0n) is 15.0. The topological polar surface area (TPSA) is 76.3 Å². The summed E-state index contributed by atoms with van der Waals surface area (Å²) in [5.74, 6) is 2.01. The smallest absolute Gasteiger partial charge is 0.241 e. The van der Waals surface area contributed by atoms with Crippen molar-refractivity contribution in [2.75, 3.05) is 26.7 Å². The van der Waals surface area contributed by atoms with Gasteiger partial charge in [0.2, 0.25) is 11.7 Å². The second-order valence-electron chi connectivity index (χ2n) is 6.22. The Labute approximate surface area is 164 Å². The number of ether oxygens (including phenoxy) is 1. The zero-order chi connectivity index (χ0) is 17.8. The molecule has 142 valence electrons. The quantitative estimate of drug-likeness (QED) is 0.721. The van der Waals surface area contributed by atoms with E-state index in [4.69, 9.17) is 9.26 Å². The van der Waals surface area contributed by atoms with E-state index in [2.05, 4.69) is 31.4 Å². The van der Waals surface area contributed by atoms with Gasteiger partial charge in [0.25, 0.3) is 0 Å². The Kier molecular flexibility index (Phi) is 6.39. The van der Waals surface area contributed by atoms with Gasteiger partial charge in [0, 0.05) is 43.6 Å². The van der Waals surface area contributed by atoms with Gasteiger partial charge in [-0.25, -0.2) is 0 Å². The molecule has 1 unspecified atom stereocenters. The van der Waals surface area contributed by atoms with Crippen LogP contribution >= 0.6 is 12.4 Å². The molecule has 3 heterocycles. The number of methoxy groups -OCH3 is 1. The third-order valence-electron chi connectivity index (χ3n) is 4.58. The average Bonchev–Trinajstić information content (AvgIpc) is 3.18. The lowest BCUT2D eigenvalue weighted by molar-refractivity contribution is 0.135. The van der Waals surface area contributed by atoms with Gasteiger partial charge >= 0.3 is 0 Å². The van der Waals surface area contributed by atoms with E-state index in [0.29, 0.717) is 18.3 Å². The molecule has 3 aromatic rings. The predicted octanol–water partition coefficient (Wildman–Crippen LogP) is 2.71. The fourth-order valence-electron chi connectivity index (χ4n) is 3.19. The highest BCUT2D eigenvalue weighted by molar-refractivity contribution is 5.85. The molecule has 1 N–H and O–H groups in total. The Bertz CT molecular complexity index is 841. The van der Waals surface area contributed by atoms with Gasteiger partial charge in [-0.05, 0) is 35.9 Å². The van der Waals surface area contributed by atoms with Crippen molar-refractivity contribution in [2.24, 2.45) is 0 Å². The number of aromatic nitrogens is 3. The van der Waals surface area contributed by atoms with Gasteiger partial charge in [0.05, 0.1) is 13.7 Å². The average molecular weight is 388 g/mol. The molecule has 4 rings (SSSR count). The summed E-state index contributed by atoms with van der Waals surface area (Å²) in [7, 11) is 1.65. The summed E-state index contributed by atoms with van der Waals surface area (Å²) in [4.78, 5) is 11.2. The molecule has 0 saturated carbocycles. The molecule has 27 heavy (non-hydrogen) atoms. The van der Waals surface area contributed by atoms with Gasteiger partial charge in [-0.3, -0.25) is 9.88 Å². The van der Waals surface area contributed by atoms with Crippen LogP contribution in [0, 0.1) is 0 Å². The highest BCUT2D eigenvalue weighted by Crippen LogP contribution is 2.24. The Hall–Kier alpha value is -2.48. The number of nitrogens with zero attached hydrogens (tertiary/aromatic N) is 4. The fraction of sp³-hybridized carbons (Fsp3) is 0.316. The number of rotatable bonds is 5. The number of pyridine rings is 1. The van der Waals surface area contributed by atoms with Crippen molar-refractivity contribution in [3.8, 4) is 17.1 Å². The van der Waals surface area contributed by atoms with Crippen molar-refractivity contribution in [1.29, 1.82) is 0 Å². The Morgan fingerprint density at radius 2 is 2.11 bits per heavy atom. The summed E-state index contributed by atoms with van der Waals surface area (Å²) in [6, 6.07) is 12.0. The van der Waals surface area contributed by atoms with Crippen LogP contribution in [0.25, 0.3) is 11.4 Å². The fourth-order valence-corrected chi connectivity index (χ4v) is 3.19. The number of hydrogen-bond acceptors (Lipinski definition) is 7. The maximum absolute atomic E-state index is 5.49. The van der Waals surface area contributed by atoms with E-state index in [0.717, 1.165) is 30.9 Å². The molecule has 0 bridgehead atoms. The monoisotopic (exact) mass is 387 g/mol. The molecule has 0 amide bonds. The number of piperazine rings is 1. The van der Waals surface area contributed by atoms with Crippen LogP contribution in [0.4, 0.5) is 0 Å². The van der Waals surface area contributed by atoms with E-state index in [9.17, 15) is 0 Å². The maximum atomic E-state index is 5.49. The van der Waals surface area contributed by atoms with E-state index in [1.54, 1.807) is 13.3 Å². The van der Waals surface area contributed by atoms with Crippen LogP contribution in [0.15, 0.2) is 53.3 Å². The van der Waals surface area contributed by atoms with Gasteiger partial charge in [-0.15, -0.1) is 12.4 Å². The van der Waals surface area contributed by atoms with E-state index >= 15 is 0 Å². The minimum absolute atomic E-state index is 0. The lowest BCUT2D eigenvalue weighted by Crippen LogP contribution is -2.45. The molecule has 7 nitrogen and oxygen atoms in total. The van der Waals surface area contributed by atoms with Crippen LogP contribution < -0.4 is 10.1 Å². The van der Waals surface area contributed by atoms with Crippen molar-refractivity contribution < 1.29 is 9.26 Å². The van der Waals surface area contributed by atoms with Crippen LogP contribution in [0.1, 0.15) is 17.5 Å². The second kappa shape index (κ2) is 8.94. The molecule has 1 fully saturated rings. The molecule has 2 aromatic heterocycles. The van der Waals surface area contributed by atoms with E-state index in [1.807, 2.05) is 36.5 Å². The zero-order valence-corrected chi connectivity index (χ0v) is 15.9. The summed E-state index contributed by atoms with van der Waals surface area (Å²) in [5.41, 5.74) is 2.10. The summed E-state index contributed by atoms with van der Waals surface area (Å²) in [6.45, 7) is 3.35. The van der Waals surface area contributed by atoms with Crippen LogP contribution in [-0.2, 0) is 6.54 Å². The Morgan fingerprint density at radius 1 is 1.26 bits per heavy atom. The van der Waals surface area contributed by atoms with Crippen LogP contribution in [0.2, 0.25) is 0 Å². The van der Waals surface area contributed by atoms with Gasteiger partial charge in [0.1, 0.15) is 5.75 Å². The summed E-state index contributed by atoms with van der Waals surface area (Å²) in [6.07, 6.45) is 3.71. The van der Waals surface area contributed by atoms with E-state index in [1.165, 1.54) is 5.56 Å². The molecule has 8 heteroatoms. The minimum atomic E-state index is 0. The van der Waals surface area contributed by atoms with Crippen molar-refractivity contribution in [2.45, 2.75) is 12.6 Å². The Morgan fingerprint density at radius 3 is 2.85 bits per heavy atom. The minimum Gasteiger partial charge on any atom is -0.497 e. The van der Waals surface area contributed by atoms with Crippen LogP contribution in [-0.4, -0.2) is 46.8 Å². The highest BCUT2D eigenvalue weighted by Gasteiger charge is 2.25. The first-order valence-electron chi connectivity index (χ1n) is 8.65. The van der Waals surface area contributed by atoms with Crippen LogP contribution in [0.5, 0.6) is 5.75 Å². The van der Waals surface area contributed by atoms with Crippen molar-refractivity contribution in [3.05, 3.63) is 60.2 Å². The van der Waals surface area contributed by atoms with Gasteiger partial charge < -0.3 is 14.6 Å². The number of nitrogens with one attached hydrogen (secondary N) is 1. The normalized spacial score (nSPS) is 17.3. The van der Waals surface area contributed by atoms with E-state index in [-0.39, 0.29) is 18.4 Å². The first kappa shape index (κ1) is 19.3.